The molecule has 0 aliphatic rings. The zero-order valence-electron chi connectivity index (χ0n) is 22.7. The summed E-state index contributed by atoms with van der Waals surface area (Å²) in [6.45, 7) is 1.44. The van der Waals surface area contributed by atoms with E-state index in [1.165, 1.54) is 29.6 Å². The number of aliphatic hydroxyl groups excluding tert-OH is 1. The third-order valence-electron chi connectivity index (χ3n) is 5.33. The summed E-state index contributed by atoms with van der Waals surface area (Å²) >= 11 is 2.73. The van der Waals surface area contributed by atoms with Crippen molar-refractivity contribution in [2.24, 2.45) is 0 Å². The van der Waals surface area contributed by atoms with Gasteiger partial charge in [0.05, 0.1) is 27.7 Å². The molecule has 0 fully saturated rings. The van der Waals surface area contributed by atoms with E-state index in [4.69, 9.17) is 4.74 Å². The lowest BCUT2D eigenvalue weighted by molar-refractivity contribution is -0.142. The van der Waals surface area contributed by atoms with Crippen LogP contribution in [0.15, 0.2) is 85.7 Å². The lowest BCUT2D eigenvalue weighted by Crippen LogP contribution is -1.98. The predicted octanol–water partition coefficient (Wildman–Crippen LogP) is 5.03. The highest BCUT2D eigenvalue weighted by Crippen LogP contribution is 2.32. The molecule has 6 aromatic heterocycles. The summed E-state index contributed by atoms with van der Waals surface area (Å²) in [7, 11) is 0. The summed E-state index contributed by atoms with van der Waals surface area (Å²) in [5.74, 6) is 0.581. The number of nitrogens with one attached hydrogen (secondary N) is 2. The molecule has 15 heteroatoms. The van der Waals surface area contributed by atoms with Gasteiger partial charge in [-0.2, -0.15) is 0 Å². The molecule has 0 radical (unpaired) electrons. The summed E-state index contributed by atoms with van der Waals surface area (Å²) in [5, 5.41) is 16.7. The summed E-state index contributed by atoms with van der Waals surface area (Å²) in [6, 6.07) is 14.6. The number of carbonyl (C=O) groups is 1. The first kappa shape index (κ1) is 29.2. The molecule has 0 amide bonds. The Balaban J connectivity index is 0.000000173. The van der Waals surface area contributed by atoms with E-state index in [0.29, 0.717) is 39.2 Å². The number of rotatable bonds is 9. The van der Waals surface area contributed by atoms with Crippen LogP contribution in [0.3, 0.4) is 0 Å². The van der Waals surface area contributed by atoms with Crippen molar-refractivity contribution in [3.8, 4) is 22.8 Å². The second-order valence-electron chi connectivity index (χ2n) is 8.34. The van der Waals surface area contributed by atoms with Crippen LogP contribution < -0.4 is 10.6 Å². The summed E-state index contributed by atoms with van der Waals surface area (Å²) in [4.78, 5) is 46.5. The van der Waals surface area contributed by atoms with Crippen LogP contribution in [-0.2, 0) is 22.7 Å². The molecule has 0 aromatic carbocycles. The van der Waals surface area contributed by atoms with Gasteiger partial charge in [-0.1, -0.05) is 34.8 Å². The van der Waals surface area contributed by atoms with E-state index in [0.717, 1.165) is 15.4 Å². The summed E-state index contributed by atoms with van der Waals surface area (Å²) in [6.07, 6.45) is 9.97. The van der Waals surface area contributed by atoms with Gasteiger partial charge >= 0.3 is 5.97 Å². The van der Waals surface area contributed by atoms with Crippen LogP contribution in [0.4, 0.5) is 22.2 Å². The van der Waals surface area contributed by atoms with Crippen LogP contribution in [0.25, 0.3) is 22.8 Å². The fourth-order valence-corrected chi connectivity index (χ4v) is 5.21. The maximum absolute atomic E-state index is 11.1. The number of carbonyl (C=O) groups excluding carboxylic acids is 1. The SMILES string of the molecule is CC(=O)OCc1sc(Nc2ncccn2)nc1-c1ccccn1.OCc1sc(Nc2ncccn2)nc1-c1ccccn1. The molecule has 0 saturated carbocycles. The average molecular weight is 613 g/mol. The topological polar surface area (TPSA) is 174 Å². The Morgan fingerprint density at radius 1 is 0.698 bits per heavy atom. The maximum Gasteiger partial charge on any atom is 0.302 e. The number of ether oxygens (including phenoxy) is 1. The Hall–Kier alpha value is -5.25. The predicted molar refractivity (Wildman–Crippen MR) is 163 cm³/mol. The van der Waals surface area contributed by atoms with Crippen LogP contribution in [0.1, 0.15) is 16.7 Å². The average Bonchev–Trinajstić information content (AvgIpc) is 3.66. The molecule has 0 aliphatic heterocycles. The highest BCUT2D eigenvalue weighted by atomic mass is 32.1. The Kier molecular flexibility index (Phi) is 9.92. The molecule has 43 heavy (non-hydrogen) atoms. The molecule has 6 rings (SSSR count). The van der Waals surface area contributed by atoms with E-state index in [-0.39, 0.29) is 19.2 Å². The Morgan fingerprint density at radius 2 is 1.16 bits per heavy atom. The molecular formula is C28H24N10O3S2. The summed E-state index contributed by atoms with van der Waals surface area (Å²) in [5.41, 5.74) is 2.80. The molecule has 216 valence electrons. The minimum Gasteiger partial charge on any atom is -0.460 e. The van der Waals surface area contributed by atoms with Gasteiger partial charge in [0, 0.05) is 44.1 Å². The Bertz CT molecular complexity index is 1740. The zero-order chi connectivity index (χ0) is 29.9. The van der Waals surface area contributed by atoms with Gasteiger partial charge in [0.25, 0.3) is 0 Å². The van der Waals surface area contributed by atoms with Gasteiger partial charge in [-0.15, -0.1) is 0 Å². The lowest BCUT2D eigenvalue weighted by atomic mass is 10.2. The smallest absolute Gasteiger partial charge is 0.302 e. The van der Waals surface area contributed by atoms with Gasteiger partial charge in [0.2, 0.25) is 11.9 Å². The van der Waals surface area contributed by atoms with Gasteiger partial charge in [-0.3, -0.25) is 14.8 Å². The fraction of sp³-hybridized carbons (Fsp3) is 0.107. The second kappa shape index (κ2) is 14.6. The van der Waals surface area contributed by atoms with Crippen molar-refractivity contribution in [1.82, 2.24) is 39.9 Å². The molecule has 13 nitrogen and oxygen atoms in total. The molecule has 0 unspecified atom stereocenters. The lowest BCUT2D eigenvalue weighted by Gasteiger charge is -2.01. The van der Waals surface area contributed by atoms with E-state index in [1.807, 2.05) is 36.4 Å². The van der Waals surface area contributed by atoms with Gasteiger partial charge in [-0.25, -0.2) is 29.9 Å². The highest BCUT2D eigenvalue weighted by molar-refractivity contribution is 7.16. The number of aromatic nitrogens is 8. The molecule has 6 aromatic rings. The molecule has 6 heterocycles. The number of hydrogen-bond acceptors (Lipinski definition) is 15. The normalized spacial score (nSPS) is 10.4. The molecule has 0 bridgehead atoms. The monoisotopic (exact) mass is 612 g/mol. The number of aliphatic hydroxyl groups is 1. The minimum absolute atomic E-state index is 0.0824. The van der Waals surface area contributed by atoms with Crippen LogP contribution in [0, 0.1) is 0 Å². The van der Waals surface area contributed by atoms with Crippen molar-refractivity contribution in [3.05, 3.63) is 95.5 Å². The minimum atomic E-state index is -0.341. The molecule has 0 aliphatic carbocycles. The Labute approximate surface area is 253 Å². The fourth-order valence-electron chi connectivity index (χ4n) is 3.51. The van der Waals surface area contributed by atoms with Crippen LogP contribution in [0.2, 0.25) is 0 Å². The van der Waals surface area contributed by atoms with Crippen LogP contribution >= 0.6 is 22.7 Å². The van der Waals surface area contributed by atoms with Crippen molar-refractivity contribution in [3.63, 3.8) is 0 Å². The number of anilines is 4. The van der Waals surface area contributed by atoms with Crippen molar-refractivity contribution < 1.29 is 14.6 Å². The largest absolute Gasteiger partial charge is 0.460 e. The first-order valence-corrected chi connectivity index (χ1v) is 14.4. The number of pyridine rings is 2. The number of nitrogens with zero attached hydrogens (tertiary/aromatic N) is 8. The molecule has 3 N–H and O–H groups in total. The van der Waals surface area contributed by atoms with E-state index < -0.39 is 0 Å². The molecule has 0 saturated heterocycles. The van der Waals surface area contributed by atoms with Gasteiger partial charge in [0.15, 0.2) is 10.3 Å². The highest BCUT2D eigenvalue weighted by Gasteiger charge is 2.16. The van der Waals surface area contributed by atoms with Crippen molar-refractivity contribution in [2.75, 3.05) is 10.6 Å². The maximum atomic E-state index is 11.1. The van der Waals surface area contributed by atoms with E-state index in [9.17, 15) is 9.90 Å². The van der Waals surface area contributed by atoms with Crippen molar-refractivity contribution in [2.45, 2.75) is 20.1 Å². The first-order chi connectivity index (χ1) is 21.1. The number of esters is 1. The van der Waals surface area contributed by atoms with E-state index in [2.05, 4.69) is 50.5 Å². The third kappa shape index (κ3) is 8.16. The molecule has 0 spiro atoms. The van der Waals surface area contributed by atoms with Gasteiger partial charge < -0.3 is 20.5 Å². The van der Waals surface area contributed by atoms with Crippen LogP contribution in [0.5, 0.6) is 0 Å². The van der Waals surface area contributed by atoms with Crippen molar-refractivity contribution >= 4 is 50.8 Å². The molecular weight excluding hydrogens is 589 g/mol. The van der Waals surface area contributed by atoms with Gasteiger partial charge in [0.1, 0.15) is 18.0 Å². The quantitative estimate of drug-likeness (QED) is 0.186. The van der Waals surface area contributed by atoms with Crippen LogP contribution in [-0.4, -0.2) is 50.9 Å². The second-order valence-corrected chi connectivity index (χ2v) is 10.5. The Morgan fingerprint density at radius 3 is 1.60 bits per heavy atom. The number of thiazole rings is 2. The summed E-state index contributed by atoms with van der Waals surface area (Å²) < 4.78 is 5.10. The third-order valence-corrected chi connectivity index (χ3v) is 7.23. The van der Waals surface area contributed by atoms with E-state index >= 15 is 0 Å². The van der Waals surface area contributed by atoms with E-state index in [1.54, 1.807) is 49.3 Å². The first-order valence-electron chi connectivity index (χ1n) is 12.7. The van der Waals surface area contributed by atoms with Gasteiger partial charge in [-0.05, 0) is 36.4 Å². The number of hydrogen-bond donors (Lipinski definition) is 3. The molecule has 0 atom stereocenters. The zero-order valence-corrected chi connectivity index (χ0v) is 24.3. The standard InChI is InChI=1S/C15H13N5O2S.C13H11N5OS/c1-10(21)22-9-12-13(11-5-2-3-6-16-11)19-15(23-12)20-14-17-7-4-8-18-14;19-8-10-11(9-4-1-2-5-14-9)17-13(20-10)18-12-15-6-3-7-16-12/h2-8H,9H2,1H3,(H,17,18,19,20);1-7,19H,8H2,(H,15,16,17,18). The van der Waals surface area contributed by atoms with Crippen molar-refractivity contribution in [1.29, 1.82) is 0 Å².